The minimum Gasteiger partial charge on any atom is -0.370 e. The fourth-order valence-corrected chi connectivity index (χ4v) is 2.34. The van der Waals surface area contributed by atoms with E-state index in [-0.39, 0.29) is 0 Å². The smallest absolute Gasteiger partial charge is 0.0539 e. The van der Waals surface area contributed by atoms with Gasteiger partial charge in [-0.15, -0.1) is 0 Å². The molecule has 0 saturated heterocycles. The maximum Gasteiger partial charge on any atom is 0.0539 e. The molecule has 0 aliphatic carbocycles. The van der Waals surface area contributed by atoms with Crippen molar-refractivity contribution in [3.05, 3.63) is 41.0 Å². The molecule has 0 bridgehead atoms. The molecule has 0 amide bonds. The zero-order valence-corrected chi connectivity index (χ0v) is 12.0. The summed E-state index contributed by atoms with van der Waals surface area (Å²) in [6.45, 7) is 5.33. The fourth-order valence-electron chi connectivity index (χ4n) is 2.34. The van der Waals surface area contributed by atoms with E-state index in [0.29, 0.717) is 6.54 Å². The Bertz CT molecular complexity index is 573. The third-order valence-corrected chi connectivity index (χ3v) is 3.23. The van der Waals surface area contributed by atoms with Crippen LogP contribution >= 0.6 is 0 Å². The van der Waals surface area contributed by atoms with Gasteiger partial charge in [0, 0.05) is 61.6 Å². The van der Waals surface area contributed by atoms with Gasteiger partial charge in [-0.2, -0.15) is 5.10 Å². The van der Waals surface area contributed by atoms with Crippen LogP contribution in [0.15, 0.2) is 18.5 Å². The first-order valence-corrected chi connectivity index (χ1v) is 6.37. The van der Waals surface area contributed by atoms with Gasteiger partial charge in [0.1, 0.15) is 0 Å². The van der Waals surface area contributed by atoms with Crippen LogP contribution in [0.1, 0.15) is 22.5 Å². The predicted octanol–water partition coefficient (Wildman–Crippen LogP) is 1.53. The van der Waals surface area contributed by atoms with Crippen molar-refractivity contribution >= 4 is 5.69 Å². The Kier molecular flexibility index (Phi) is 3.85. The Morgan fingerprint density at radius 3 is 2.68 bits per heavy atom. The average molecular weight is 259 g/mol. The van der Waals surface area contributed by atoms with E-state index in [1.54, 1.807) is 0 Å². The lowest BCUT2D eigenvalue weighted by Crippen LogP contribution is -2.20. The predicted molar refractivity (Wildman–Crippen MR) is 76.9 cm³/mol. The standard InChI is InChI=1S/C14H21N5/c1-10-5-14(13(6-15)11(2)17-10)18(3)8-12-7-16-19(4)9-12/h5,7,9H,6,8,15H2,1-4H3. The van der Waals surface area contributed by atoms with Crippen LogP contribution in [-0.2, 0) is 20.1 Å². The summed E-state index contributed by atoms with van der Waals surface area (Å²) >= 11 is 0. The summed E-state index contributed by atoms with van der Waals surface area (Å²) in [6.07, 6.45) is 3.92. The number of nitrogens with zero attached hydrogens (tertiary/aromatic N) is 4. The first-order valence-electron chi connectivity index (χ1n) is 6.37. The van der Waals surface area contributed by atoms with Crippen molar-refractivity contribution < 1.29 is 0 Å². The molecule has 0 aromatic carbocycles. The Balaban J connectivity index is 2.30. The number of hydrogen-bond donors (Lipinski definition) is 1. The number of aryl methyl sites for hydroxylation is 3. The van der Waals surface area contributed by atoms with Crippen molar-refractivity contribution in [1.29, 1.82) is 0 Å². The molecule has 0 unspecified atom stereocenters. The second-order valence-corrected chi connectivity index (χ2v) is 4.93. The van der Waals surface area contributed by atoms with Crippen molar-refractivity contribution in [2.75, 3.05) is 11.9 Å². The van der Waals surface area contributed by atoms with Crippen molar-refractivity contribution in [1.82, 2.24) is 14.8 Å². The lowest BCUT2D eigenvalue weighted by atomic mass is 10.1. The molecular formula is C14H21N5. The molecular weight excluding hydrogens is 238 g/mol. The second kappa shape index (κ2) is 5.40. The SMILES string of the molecule is Cc1cc(N(C)Cc2cnn(C)c2)c(CN)c(C)n1. The summed E-state index contributed by atoms with van der Waals surface area (Å²) in [7, 11) is 4.00. The Labute approximate surface area is 114 Å². The van der Waals surface area contributed by atoms with Gasteiger partial charge in [0.2, 0.25) is 0 Å². The van der Waals surface area contributed by atoms with Crippen LogP contribution < -0.4 is 10.6 Å². The summed E-state index contributed by atoms with van der Waals surface area (Å²) in [5.41, 5.74) is 11.3. The molecule has 0 fully saturated rings. The number of anilines is 1. The number of aromatic nitrogens is 3. The van der Waals surface area contributed by atoms with Gasteiger partial charge in [-0.25, -0.2) is 0 Å². The highest BCUT2D eigenvalue weighted by Crippen LogP contribution is 2.24. The van der Waals surface area contributed by atoms with Gasteiger partial charge in [0.05, 0.1) is 6.20 Å². The van der Waals surface area contributed by atoms with Crippen LogP contribution in [0.4, 0.5) is 5.69 Å². The highest BCUT2D eigenvalue weighted by Gasteiger charge is 2.12. The molecule has 2 aromatic heterocycles. The lowest BCUT2D eigenvalue weighted by molar-refractivity contribution is 0.766. The van der Waals surface area contributed by atoms with Gasteiger partial charge >= 0.3 is 0 Å². The van der Waals surface area contributed by atoms with Gasteiger partial charge in [0.15, 0.2) is 0 Å². The van der Waals surface area contributed by atoms with E-state index in [1.807, 2.05) is 38.0 Å². The van der Waals surface area contributed by atoms with Crippen LogP contribution in [0.2, 0.25) is 0 Å². The third-order valence-electron chi connectivity index (χ3n) is 3.23. The number of pyridine rings is 1. The summed E-state index contributed by atoms with van der Waals surface area (Å²) in [5, 5.41) is 4.19. The molecule has 2 heterocycles. The fraction of sp³-hybridized carbons (Fsp3) is 0.429. The monoisotopic (exact) mass is 259 g/mol. The van der Waals surface area contributed by atoms with Crippen molar-refractivity contribution in [2.24, 2.45) is 12.8 Å². The second-order valence-electron chi connectivity index (χ2n) is 4.93. The molecule has 2 rings (SSSR count). The number of nitrogens with two attached hydrogens (primary N) is 1. The molecule has 5 nitrogen and oxygen atoms in total. The zero-order valence-electron chi connectivity index (χ0n) is 12.0. The summed E-state index contributed by atoms with van der Waals surface area (Å²) in [5.74, 6) is 0. The molecule has 0 aliphatic heterocycles. The molecule has 2 aromatic rings. The first kappa shape index (κ1) is 13.5. The largest absolute Gasteiger partial charge is 0.370 e. The molecule has 0 radical (unpaired) electrons. The summed E-state index contributed by atoms with van der Waals surface area (Å²) in [4.78, 5) is 6.67. The molecule has 0 spiro atoms. The molecule has 5 heteroatoms. The van der Waals surface area contributed by atoms with E-state index in [1.165, 1.54) is 5.56 Å². The number of rotatable bonds is 4. The van der Waals surface area contributed by atoms with E-state index in [4.69, 9.17) is 5.73 Å². The molecule has 0 saturated carbocycles. The molecule has 2 N–H and O–H groups in total. The minimum absolute atomic E-state index is 0.506. The molecule has 0 atom stereocenters. The Morgan fingerprint density at radius 1 is 1.37 bits per heavy atom. The van der Waals surface area contributed by atoms with Gasteiger partial charge < -0.3 is 10.6 Å². The molecule has 0 aliphatic rings. The van der Waals surface area contributed by atoms with Crippen LogP contribution in [0.25, 0.3) is 0 Å². The van der Waals surface area contributed by atoms with Crippen molar-refractivity contribution in [2.45, 2.75) is 26.9 Å². The lowest BCUT2D eigenvalue weighted by Gasteiger charge is -2.23. The highest BCUT2D eigenvalue weighted by molar-refractivity contribution is 5.55. The summed E-state index contributed by atoms with van der Waals surface area (Å²) in [6, 6.07) is 2.09. The number of hydrogen-bond acceptors (Lipinski definition) is 4. The topological polar surface area (TPSA) is 60.0 Å². The van der Waals surface area contributed by atoms with E-state index in [9.17, 15) is 0 Å². The molecule has 102 valence electrons. The van der Waals surface area contributed by atoms with E-state index >= 15 is 0 Å². The Hall–Kier alpha value is -1.88. The van der Waals surface area contributed by atoms with Gasteiger partial charge in [-0.05, 0) is 19.9 Å². The normalized spacial score (nSPS) is 10.8. The van der Waals surface area contributed by atoms with E-state index in [2.05, 4.69) is 28.1 Å². The first-order chi connectivity index (χ1) is 9.01. The van der Waals surface area contributed by atoms with Crippen molar-refractivity contribution in [3.8, 4) is 0 Å². The molecule has 19 heavy (non-hydrogen) atoms. The van der Waals surface area contributed by atoms with Crippen LogP contribution in [0.3, 0.4) is 0 Å². The van der Waals surface area contributed by atoms with Gasteiger partial charge in [-0.1, -0.05) is 0 Å². The minimum atomic E-state index is 0.506. The Morgan fingerprint density at radius 2 is 2.11 bits per heavy atom. The maximum atomic E-state index is 5.85. The van der Waals surface area contributed by atoms with E-state index < -0.39 is 0 Å². The van der Waals surface area contributed by atoms with Gasteiger partial charge in [-0.3, -0.25) is 9.67 Å². The zero-order chi connectivity index (χ0) is 14.0. The maximum absolute atomic E-state index is 5.85. The third kappa shape index (κ3) is 2.93. The quantitative estimate of drug-likeness (QED) is 0.904. The van der Waals surface area contributed by atoms with Crippen LogP contribution in [0.5, 0.6) is 0 Å². The summed E-state index contributed by atoms with van der Waals surface area (Å²) < 4.78 is 1.82. The van der Waals surface area contributed by atoms with E-state index in [0.717, 1.165) is 29.2 Å². The van der Waals surface area contributed by atoms with Gasteiger partial charge in [0.25, 0.3) is 0 Å². The highest BCUT2D eigenvalue weighted by atomic mass is 15.2. The van der Waals surface area contributed by atoms with Crippen LogP contribution in [0, 0.1) is 13.8 Å². The van der Waals surface area contributed by atoms with Crippen LogP contribution in [-0.4, -0.2) is 21.8 Å². The van der Waals surface area contributed by atoms with Crippen molar-refractivity contribution in [3.63, 3.8) is 0 Å². The average Bonchev–Trinajstić information content (AvgIpc) is 2.73.